The zero-order chi connectivity index (χ0) is 11.6. The molecule has 0 aromatic carbocycles. The van der Waals surface area contributed by atoms with Crippen LogP contribution in [0, 0.1) is 0 Å². The molecular weight excluding hydrogens is 200 g/mol. The van der Waals surface area contributed by atoms with E-state index in [1.165, 1.54) is 13.8 Å². The van der Waals surface area contributed by atoms with Gasteiger partial charge in [-0.15, -0.1) is 0 Å². The van der Waals surface area contributed by atoms with Gasteiger partial charge in [0.1, 0.15) is 22.7 Å². The summed E-state index contributed by atoms with van der Waals surface area (Å²) in [5, 5.41) is 9.26. The molecule has 1 heterocycles. The Kier molecular flexibility index (Phi) is 3.14. The smallest absolute Gasteiger partial charge is 0.347 e. The number of hydrogen-bond donors (Lipinski definition) is 1. The Bertz CT molecular complexity index is 371. The van der Waals surface area contributed by atoms with Crippen LogP contribution in [0.15, 0.2) is 22.7 Å². The lowest BCUT2D eigenvalue weighted by atomic mass is 10.1. The van der Waals surface area contributed by atoms with Crippen molar-refractivity contribution >= 4 is 11.9 Å². The van der Waals surface area contributed by atoms with E-state index in [4.69, 9.17) is 9.47 Å². The fraction of sp³-hybridized carbons (Fsp3) is 0.400. The summed E-state index contributed by atoms with van der Waals surface area (Å²) in [6.45, 7) is 4.64. The normalized spacial score (nSPS) is 19.0. The second-order valence-electron chi connectivity index (χ2n) is 3.00. The van der Waals surface area contributed by atoms with Crippen LogP contribution in [0.3, 0.4) is 0 Å². The maximum atomic E-state index is 11.5. The summed E-state index contributed by atoms with van der Waals surface area (Å²) in [6.07, 6.45) is 0. The van der Waals surface area contributed by atoms with Gasteiger partial charge in [-0.05, 0) is 20.8 Å². The number of hydrogen-bond acceptors (Lipinski definition) is 5. The van der Waals surface area contributed by atoms with Crippen molar-refractivity contribution in [3.63, 3.8) is 0 Å². The van der Waals surface area contributed by atoms with Gasteiger partial charge in [-0.2, -0.15) is 0 Å². The minimum absolute atomic E-state index is 0.00171. The minimum Gasteiger partial charge on any atom is -0.512 e. The highest BCUT2D eigenvalue weighted by Crippen LogP contribution is 2.28. The molecule has 0 aromatic rings. The summed E-state index contributed by atoms with van der Waals surface area (Å²) in [5.74, 6) is -1.48. The average molecular weight is 212 g/mol. The Morgan fingerprint density at radius 3 is 2.60 bits per heavy atom. The maximum Gasteiger partial charge on any atom is 0.347 e. The van der Waals surface area contributed by atoms with Gasteiger partial charge in [-0.25, -0.2) is 9.59 Å². The number of ether oxygens (including phenoxy) is 2. The second kappa shape index (κ2) is 4.16. The Labute approximate surface area is 87.0 Å². The van der Waals surface area contributed by atoms with Crippen molar-refractivity contribution < 1.29 is 24.2 Å². The Morgan fingerprint density at radius 1 is 1.53 bits per heavy atom. The van der Waals surface area contributed by atoms with Gasteiger partial charge in [-0.1, -0.05) is 0 Å². The molecule has 0 unspecified atom stereocenters. The molecule has 1 aliphatic rings. The van der Waals surface area contributed by atoms with E-state index in [0.29, 0.717) is 0 Å². The third-order valence-electron chi connectivity index (χ3n) is 1.89. The summed E-state index contributed by atoms with van der Waals surface area (Å²) in [4.78, 5) is 22.7. The molecule has 0 fully saturated rings. The SMILES string of the molecule is CCOC(=O)C1=C(C)OC(=O)C1=C(C)O. The Hall–Kier alpha value is -1.78. The zero-order valence-electron chi connectivity index (χ0n) is 8.79. The zero-order valence-corrected chi connectivity index (χ0v) is 8.79. The number of rotatable bonds is 2. The quantitative estimate of drug-likeness (QED) is 0.423. The first-order valence-corrected chi connectivity index (χ1v) is 4.49. The van der Waals surface area contributed by atoms with Crippen LogP contribution in [-0.4, -0.2) is 23.7 Å². The predicted molar refractivity (Wildman–Crippen MR) is 50.8 cm³/mol. The van der Waals surface area contributed by atoms with E-state index >= 15 is 0 Å². The third-order valence-corrected chi connectivity index (χ3v) is 1.89. The number of allylic oxidation sites excluding steroid dienone is 2. The van der Waals surface area contributed by atoms with Crippen LogP contribution in [0.5, 0.6) is 0 Å². The first kappa shape index (κ1) is 11.3. The highest BCUT2D eigenvalue weighted by molar-refractivity contribution is 6.10. The van der Waals surface area contributed by atoms with E-state index in [1.807, 2.05) is 0 Å². The largest absolute Gasteiger partial charge is 0.512 e. The van der Waals surface area contributed by atoms with E-state index in [2.05, 4.69) is 0 Å². The van der Waals surface area contributed by atoms with Crippen molar-refractivity contribution in [1.29, 1.82) is 0 Å². The molecule has 0 spiro atoms. The molecule has 0 radical (unpaired) electrons. The van der Waals surface area contributed by atoms with E-state index in [1.54, 1.807) is 6.92 Å². The van der Waals surface area contributed by atoms with Gasteiger partial charge in [0.15, 0.2) is 0 Å². The van der Waals surface area contributed by atoms with E-state index in [9.17, 15) is 14.7 Å². The van der Waals surface area contributed by atoms with Gasteiger partial charge >= 0.3 is 11.9 Å². The molecule has 0 saturated heterocycles. The van der Waals surface area contributed by atoms with Crippen molar-refractivity contribution in [2.24, 2.45) is 0 Å². The van der Waals surface area contributed by atoms with Gasteiger partial charge < -0.3 is 14.6 Å². The summed E-state index contributed by atoms with van der Waals surface area (Å²) in [5.41, 5.74) is -0.118. The van der Waals surface area contributed by atoms with Crippen molar-refractivity contribution in [2.75, 3.05) is 6.61 Å². The monoisotopic (exact) mass is 212 g/mol. The fourth-order valence-electron chi connectivity index (χ4n) is 1.30. The molecule has 0 bridgehead atoms. The van der Waals surface area contributed by atoms with Crippen molar-refractivity contribution in [1.82, 2.24) is 0 Å². The third kappa shape index (κ3) is 2.01. The van der Waals surface area contributed by atoms with E-state index in [-0.39, 0.29) is 29.3 Å². The lowest BCUT2D eigenvalue weighted by Crippen LogP contribution is -2.12. The molecule has 0 saturated carbocycles. The fourth-order valence-corrected chi connectivity index (χ4v) is 1.30. The summed E-state index contributed by atoms with van der Waals surface area (Å²) in [6, 6.07) is 0. The molecule has 15 heavy (non-hydrogen) atoms. The lowest BCUT2D eigenvalue weighted by molar-refractivity contribution is -0.138. The molecule has 5 nitrogen and oxygen atoms in total. The number of carbonyl (C=O) groups is 2. The average Bonchev–Trinajstić information content (AvgIpc) is 2.41. The van der Waals surface area contributed by atoms with Crippen LogP contribution in [0.4, 0.5) is 0 Å². The van der Waals surface area contributed by atoms with E-state index < -0.39 is 11.9 Å². The number of aliphatic hydroxyl groups excluding tert-OH is 1. The molecule has 1 N–H and O–H groups in total. The molecule has 5 heteroatoms. The van der Waals surface area contributed by atoms with Crippen LogP contribution in [0.1, 0.15) is 20.8 Å². The van der Waals surface area contributed by atoms with Gasteiger partial charge in [0.2, 0.25) is 0 Å². The minimum atomic E-state index is -0.726. The molecule has 0 amide bonds. The highest BCUT2D eigenvalue weighted by Gasteiger charge is 2.35. The Balaban J connectivity index is 3.14. The summed E-state index contributed by atoms with van der Waals surface area (Å²) < 4.78 is 9.49. The standard InChI is InChI=1S/C10H12O5/c1-4-14-9(12)8-6(3)15-10(13)7(8)5(2)11/h11H,4H2,1-3H3. The van der Waals surface area contributed by atoms with Gasteiger partial charge in [0.25, 0.3) is 0 Å². The van der Waals surface area contributed by atoms with Gasteiger partial charge in [-0.3, -0.25) is 0 Å². The molecule has 0 atom stereocenters. The molecule has 0 aromatic heterocycles. The molecular formula is C10H12O5. The predicted octanol–water partition coefficient (Wildman–Crippen LogP) is 1.21. The van der Waals surface area contributed by atoms with E-state index in [0.717, 1.165) is 0 Å². The van der Waals surface area contributed by atoms with Crippen LogP contribution in [-0.2, 0) is 19.1 Å². The number of aliphatic hydroxyl groups is 1. The number of esters is 2. The van der Waals surface area contributed by atoms with Crippen molar-refractivity contribution in [3.8, 4) is 0 Å². The Morgan fingerprint density at radius 2 is 2.13 bits per heavy atom. The molecule has 1 aliphatic heterocycles. The van der Waals surface area contributed by atoms with Crippen LogP contribution >= 0.6 is 0 Å². The summed E-state index contributed by atoms with van der Waals surface area (Å²) >= 11 is 0. The topological polar surface area (TPSA) is 72.8 Å². The van der Waals surface area contributed by atoms with Crippen LogP contribution in [0.2, 0.25) is 0 Å². The van der Waals surface area contributed by atoms with Gasteiger partial charge in [0, 0.05) is 0 Å². The van der Waals surface area contributed by atoms with Crippen molar-refractivity contribution in [3.05, 3.63) is 22.7 Å². The van der Waals surface area contributed by atoms with Crippen LogP contribution < -0.4 is 0 Å². The highest BCUT2D eigenvalue weighted by atomic mass is 16.6. The van der Waals surface area contributed by atoms with Crippen LogP contribution in [0.25, 0.3) is 0 Å². The number of carbonyl (C=O) groups excluding carboxylic acids is 2. The van der Waals surface area contributed by atoms with Gasteiger partial charge in [0.05, 0.1) is 6.61 Å². The number of cyclic esters (lactones) is 1. The lowest BCUT2D eigenvalue weighted by Gasteiger charge is -2.03. The summed E-state index contributed by atoms with van der Waals surface area (Å²) in [7, 11) is 0. The first-order chi connectivity index (χ1) is 6.99. The first-order valence-electron chi connectivity index (χ1n) is 4.49. The van der Waals surface area contributed by atoms with Crippen molar-refractivity contribution in [2.45, 2.75) is 20.8 Å². The molecule has 82 valence electrons. The molecule has 1 rings (SSSR count). The maximum absolute atomic E-state index is 11.5. The molecule has 0 aliphatic carbocycles. The second-order valence-corrected chi connectivity index (χ2v) is 3.00.